The fourth-order valence-electron chi connectivity index (χ4n) is 1.49. The summed E-state index contributed by atoms with van der Waals surface area (Å²) in [6.07, 6.45) is -0.778. The van der Waals surface area contributed by atoms with Crippen LogP contribution in [0.2, 0.25) is 0 Å². The maximum Gasteiger partial charge on any atom is 0.308 e. The van der Waals surface area contributed by atoms with Crippen molar-refractivity contribution in [2.24, 2.45) is 0 Å². The number of hydrogen-bond donors (Lipinski definition) is 1. The van der Waals surface area contributed by atoms with E-state index in [-0.39, 0.29) is 18.9 Å². The van der Waals surface area contributed by atoms with E-state index in [9.17, 15) is 9.59 Å². The van der Waals surface area contributed by atoms with Crippen molar-refractivity contribution in [3.05, 3.63) is 29.8 Å². The second-order valence-electron chi connectivity index (χ2n) is 3.97. The molecule has 0 spiro atoms. The molecule has 0 saturated heterocycles. The van der Waals surface area contributed by atoms with E-state index >= 15 is 0 Å². The molecule has 0 radical (unpaired) electrons. The van der Waals surface area contributed by atoms with Crippen LogP contribution in [0.25, 0.3) is 0 Å². The molecular formula is C14H16N2O4. The number of rotatable bonds is 6. The van der Waals surface area contributed by atoms with Crippen molar-refractivity contribution in [3.63, 3.8) is 0 Å². The summed E-state index contributed by atoms with van der Waals surface area (Å²) >= 11 is 0. The Bertz CT molecular complexity index is 522. The molecule has 1 atom stereocenters. The topological polar surface area (TPSA) is 88.4 Å². The first-order chi connectivity index (χ1) is 9.58. The van der Waals surface area contributed by atoms with Gasteiger partial charge in [0.05, 0.1) is 19.1 Å². The van der Waals surface area contributed by atoms with Crippen molar-refractivity contribution in [3.8, 4) is 11.8 Å². The van der Waals surface area contributed by atoms with Crippen molar-refractivity contribution in [1.82, 2.24) is 5.32 Å². The number of nitrogens with zero attached hydrogens (tertiary/aromatic N) is 1. The average molecular weight is 276 g/mol. The largest absolute Gasteiger partial charge is 0.496 e. The van der Waals surface area contributed by atoms with Crippen molar-refractivity contribution >= 4 is 11.9 Å². The molecule has 0 fully saturated rings. The van der Waals surface area contributed by atoms with Crippen LogP contribution in [0.1, 0.15) is 23.7 Å². The van der Waals surface area contributed by atoms with Gasteiger partial charge in [0.25, 0.3) is 5.91 Å². The van der Waals surface area contributed by atoms with Gasteiger partial charge in [0.2, 0.25) is 0 Å². The molecule has 1 aromatic carbocycles. The van der Waals surface area contributed by atoms with E-state index in [1.54, 1.807) is 30.3 Å². The predicted molar refractivity (Wildman–Crippen MR) is 71.1 cm³/mol. The molecular weight excluding hydrogens is 260 g/mol. The lowest BCUT2D eigenvalue weighted by atomic mass is 10.2. The molecule has 0 aliphatic heterocycles. The maximum absolute atomic E-state index is 11.9. The molecule has 1 N–H and O–H groups in total. The minimum absolute atomic E-state index is 0.00685. The van der Waals surface area contributed by atoms with E-state index in [0.29, 0.717) is 11.3 Å². The highest BCUT2D eigenvalue weighted by atomic mass is 16.5. The number of ether oxygens (including phenoxy) is 2. The molecule has 0 aliphatic carbocycles. The van der Waals surface area contributed by atoms with Crippen LogP contribution in [-0.4, -0.2) is 31.6 Å². The normalized spacial score (nSPS) is 11.1. The molecule has 0 heterocycles. The van der Waals surface area contributed by atoms with E-state index in [1.807, 2.05) is 0 Å². The summed E-state index contributed by atoms with van der Waals surface area (Å²) in [5.74, 6) is -0.395. The molecule has 0 aromatic heterocycles. The zero-order chi connectivity index (χ0) is 15.0. The minimum atomic E-state index is -0.785. The number of nitrogens with one attached hydrogen (secondary N) is 1. The number of carbonyl (C=O) groups excluding carboxylic acids is 2. The second-order valence-corrected chi connectivity index (χ2v) is 3.97. The predicted octanol–water partition coefficient (Wildman–Crippen LogP) is 1.27. The second kappa shape index (κ2) is 7.79. The number of amides is 1. The van der Waals surface area contributed by atoms with E-state index in [2.05, 4.69) is 5.32 Å². The molecule has 1 rings (SSSR count). The lowest BCUT2D eigenvalue weighted by Gasteiger charge is -2.09. The molecule has 0 bridgehead atoms. The summed E-state index contributed by atoms with van der Waals surface area (Å²) in [6.45, 7) is 1.61. The molecule has 20 heavy (non-hydrogen) atoms. The number of para-hydroxylation sites is 1. The highest BCUT2D eigenvalue weighted by Crippen LogP contribution is 2.16. The third kappa shape index (κ3) is 4.61. The first kappa shape index (κ1) is 15.5. The van der Waals surface area contributed by atoms with Crippen molar-refractivity contribution in [2.75, 3.05) is 13.7 Å². The monoisotopic (exact) mass is 276 g/mol. The van der Waals surface area contributed by atoms with Gasteiger partial charge in [-0.25, -0.2) is 0 Å². The van der Waals surface area contributed by atoms with Gasteiger partial charge in [-0.05, 0) is 19.1 Å². The Labute approximate surface area is 117 Å². The van der Waals surface area contributed by atoms with Gasteiger partial charge < -0.3 is 14.8 Å². The minimum Gasteiger partial charge on any atom is -0.496 e. The van der Waals surface area contributed by atoms with Crippen LogP contribution in [0.15, 0.2) is 24.3 Å². The lowest BCUT2D eigenvalue weighted by Crippen LogP contribution is -2.27. The maximum atomic E-state index is 11.9. The summed E-state index contributed by atoms with van der Waals surface area (Å²) in [7, 11) is 1.48. The highest BCUT2D eigenvalue weighted by Gasteiger charge is 2.12. The molecule has 6 nitrogen and oxygen atoms in total. The van der Waals surface area contributed by atoms with E-state index < -0.39 is 12.1 Å². The zero-order valence-electron chi connectivity index (χ0n) is 11.4. The molecule has 0 saturated carbocycles. The van der Waals surface area contributed by atoms with Crippen molar-refractivity contribution in [1.29, 1.82) is 5.26 Å². The fourth-order valence-corrected chi connectivity index (χ4v) is 1.49. The Kier molecular flexibility index (Phi) is 6.04. The Morgan fingerprint density at radius 3 is 2.75 bits per heavy atom. The van der Waals surface area contributed by atoms with Crippen LogP contribution in [0.5, 0.6) is 5.75 Å². The van der Waals surface area contributed by atoms with Crippen molar-refractivity contribution < 1.29 is 19.1 Å². The highest BCUT2D eigenvalue weighted by molar-refractivity contribution is 5.97. The third-order valence-electron chi connectivity index (χ3n) is 2.46. The Morgan fingerprint density at radius 2 is 2.10 bits per heavy atom. The number of hydrogen-bond acceptors (Lipinski definition) is 5. The smallest absolute Gasteiger partial charge is 0.308 e. The standard InChI is InChI=1S/C14H16N2O4/c1-10(9-15)20-13(17)7-8-16-14(18)11-5-3-4-6-12(11)19-2/h3-6,10H,7-8H2,1-2H3,(H,16,18)/t10-/m0/s1. The Morgan fingerprint density at radius 1 is 1.40 bits per heavy atom. The van der Waals surface area contributed by atoms with E-state index in [4.69, 9.17) is 14.7 Å². The average Bonchev–Trinajstić information content (AvgIpc) is 2.46. The van der Waals surface area contributed by atoms with Crippen LogP contribution < -0.4 is 10.1 Å². The van der Waals surface area contributed by atoms with Crippen LogP contribution in [-0.2, 0) is 9.53 Å². The zero-order valence-corrected chi connectivity index (χ0v) is 11.4. The number of carbonyl (C=O) groups is 2. The number of benzene rings is 1. The van der Waals surface area contributed by atoms with Crippen LogP contribution >= 0.6 is 0 Å². The first-order valence-electron chi connectivity index (χ1n) is 6.08. The van der Waals surface area contributed by atoms with Gasteiger partial charge in [0.1, 0.15) is 11.8 Å². The summed E-state index contributed by atoms with van der Waals surface area (Å²) in [6, 6.07) is 8.58. The quantitative estimate of drug-likeness (QED) is 0.790. The van der Waals surface area contributed by atoms with Crippen molar-refractivity contribution in [2.45, 2.75) is 19.4 Å². The molecule has 6 heteroatoms. The first-order valence-corrected chi connectivity index (χ1v) is 6.08. The lowest BCUT2D eigenvalue weighted by molar-refractivity contribution is -0.145. The van der Waals surface area contributed by atoms with Gasteiger partial charge in [-0.1, -0.05) is 12.1 Å². The summed E-state index contributed by atoms with van der Waals surface area (Å²) in [5, 5.41) is 11.1. The molecule has 0 aliphatic rings. The Hall–Kier alpha value is -2.55. The van der Waals surface area contributed by atoms with Gasteiger partial charge in [0, 0.05) is 6.54 Å². The van der Waals surface area contributed by atoms with Gasteiger partial charge >= 0.3 is 5.97 Å². The molecule has 1 amide bonds. The van der Waals surface area contributed by atoms with E-state index in [1.165, 1.54) is 14.0 Å². The van der Waals surface area contributed by atoms with E-state index in [0.717, 1.165) is 0 Å². The fraction of sp³-hybridized carbons (Fsp3) is 0.357. The van der Waals surface area contributed by atoms with Gasteiger partial charge in [-0.3, -0.25) is 9.59 Å². The molecule has 106 valence electrons. The van der Waals surface area contributed by atoms with Crippen LogP contribution in [0.4, 0.5) is 0 Å². The van der Waals surface area contributed by atoms with Crippen LogP contribution in [0.3, 0.4) is 0 Å². The SMILES string of the molecule is COc1ccccc1C(=O)NCCC(=O)O[C@@H](C)C#N. The third-order valence-corrected chi connectivity index (χ3v) is 2.46. The summed E-state index contributed by atoms with van der Waals surface area (Å²) in [4.78, 5) is 23.2. The molecule has 0 unspecified atom stereocenters. The van der Waals surface area contributed by atoms with Gasteiger partial charge in [0.15, 0.2) is 6.10 Å². The van der Waals surface area contributed by atoms with Gasteiger partial charge in [-0.15, -0.1) is 0 Å². The summed E-state index contributed by atoms with van der Waals surface area (Å²) < 4.78 is 9.83. The number of methoxy groups -OCH3 is 1. The summed E-state index contributed by atoms with van der Waals surface area (Å²) in [5.41, 5.74) is 0.397. The number of esters is 1. The van der Waals surface area contributed by atoms with Gasteiger partial charge in [-0.2, -0.15) is 5.26 Å². The van der Waals surface area contributed by atoms with Crippen LogP contribution in [0, 0.1) is 11.3 Å². The molecule has 1 aromatic rings. The number of nitriles is 1. The Balaban J connectivity index is 2.44.